The van der Waals surface area contributed by atoms with Crippen LogP contribution in [0.25, 0.3) is 11.0 Å². The van der Waals surface area contributed by atoms with Crippen LogP contribution in [-0.4, -0.2) is 9.97 Å². The number of hydrogen-bond acceptors (Lipinski definition) is 2. The number of nitrogens with one attached hydrogen (secondary N) is 1. The van der Waals surface area contributed by atoms with Gasteiger partial charge in [-0.1, -0.05) is 36.0 Å². The third-order valence-electron chi connectivity index (χ3n) is 2.66. The van der Waals surface area contributed by atoms with Crippen molar-refractivity contribution in [3.63, 3.8) is 0 Å². The SMILES string of the molecule is Cl.Fc1ccc(CSc2nc3ccccc3[nH]2)cc1. The van der Waals surface area contributed by atoms with Crippen LogP contribution >= 0.6 is 24.2 Å². The molecule has 1 heterocycles. The van der Waals surface area contributed by atoms with E-state index in [1.165, 1.54) is 12.1 Å². The van der Waals surface area contributed by atoms with Crippen LogP contribution in [0.4, 0.5) is 4.39 Å². The van der Waals surface area contributed by atoms with E-state index in [9.17, 15) is 4.39 Å². The van der Waals surface area contributed by atoms with E-state index in [0.717, 1.165) is 27.5 Å². The minimum absolute atomic E-state index is 0. The molecular formula is C14H12ClFN2S. The topological polar surface area (TPSA) is 28.7 Å². The highest BCUT2D eigenvalue weighted by atomic mass is 35.5. The van der Waals surface area contributed by atoms with Crippen molar-refractivity contribution >= 4 is 35.2 Å². The molecule has 1 aromatic heterocycles. The van der Waals surface area contributed by atoms with Gasteiger partial charge in [0.2, 0.25) is 0 Å². The number of imidazole rings is 1. The Kier molecular flexibility index (Phi) is 4.45. The predicted octanol–water partition coefficient (Wildman–Crippen LogP) is 4.42. The number of hydrogen-bond donors (Lipinski definition) is 1. The van der Waals surface area contributed by atoms with Crippen molar-refractivity contribution in [2.75, 3.05) is 0 Å². The number of para-hydroxylation sites is 2. The Bertz CT molecular complexity index is 634. The van der Waals surface area contributed by atoms with Crippen molar-refractivity contribution in [2.24, 2.45) is 0 Å². The highest BCUT2D eigenvalue weighted by molar-refractivity contribution is 7.98. The van der Waals surface area contributed by atoms with Gasteiger partial charge in [0.1, 0.15) is 5.82 Å². The summed E-state index contributed by atoms with van der Waals surface area (Å²) in [6, 6.07) is 14.5. The van der Waals surface area contributed by atoms with Gasteiger partial charge < -0.3 is 4.98 Å². The van der Waals surface area contributed by atoms with Crippen molar-refractivity contribution in [2.45, 2.75) is 10.9 Å². The van der Waals surface area contributed by atoms with Gasteiger partial charge in [-0.15, -0.1) is 12.4 Å². The fourth-order valence-corrected chi connectivity index (χ4v) is 2.57. The van der Waals surface area contributed by atoms with Gasteiger partial charge in [-0.3, -0.25) is 0 Å². The molecule has 5 heteroatoms. The van der Waals surface area contributed by atoms with Crippen molar-refractivity contribution in [1.82, 2.24) is 9.97 Å². The zero-order chi connectivity index (χ0) is 12.4. The lowest BCUT2D eigenvalue weighted by atomic mass is 10.2. The molecule has 2 aromatic carbocycles. The van der Waals surface area contributed by atoms with Crippen LogP contribution in [0.2, 0.25) is 0 Å². The zero-order valence-corrected chi connectivity index (χ0v) is 11.6. The van der Waals surface area contributed by atoms with Gasteiger partial charge in [0, 0.05) is 5.75 Å². The average Bonchev–Trinajstić information content (AvgIpc) is 2.81. The fourth-order valence-electron chi connectivity index (χ4n) is 1.73. The molecule has 0 bridgehead atoms. The highest BCUT2D eigenvalue weighted by Gasteiger charge is 2.03. The van der Waals surface area contributed by atoms with Gasteiger partial charge >= 0.3 is 0 Å². The lowest BCUT2D eigenvalue weighted by molar-refractivity contribution is 0.627. The third-order valence-corrected chi connectivity index (χ3v) is 3.60. The van der Waals surface area contributed by atoms with Crippen LogP contribution in [0, 0.1) is 5.82 Å². The Balaban J connectivity index is 0.00000133. The van der Waals surface area contributed by atoms with E-state index >= 15 is 0 Å². The second kappa shape index (κ2) is 6.08. The van der Waals surface area contributed by atoms with Gasteiger partial charge in [-0.05, 0) is 29.8 Å². The molecule has 0 amide bonds. The van der Waals surface area contributed by atoms with E-state index in [4.69, 9.17) is 0 Å². The second-order valence-electron chi connectivity index (χ2n) is 3.97. The summed E-state index contributed by atoms with van der Waals surface area (Å²) < 4.78 is 12.8. The minimum atomic E-state index is -0.201. The van der Waals surface area contributed by atoms with Gasteiger partial charge in [-0.2, -0.15) is 0 Å². The number of halogens is 2. The van der Waals surface area contributed by atoms with Crippen molar-refractivity contribution in [3.05, 3.63) is 59.9 Å². The Morgan fingerprint density at radius 3 is 2.53 bits per heavy atom. The summed E-state index contributed by atoms with van der Waals surface area (Å²) in [6.45, 7) is 0. The number of benzene rings is 2. The highest BCUT2D eigenvalue weighted by Crippen LogP contribution is 2.22. The molecule has 1 N–H and O–H groups in total. The summed E-state index contributed by atoms with van der Waals surface area (Å²) in [6.07, 6.45) is 0. The summed E-state index contributed by atoms with van der Waals surface area (Å²) in [5, 5.41) is 0.889. The molecule has 0 aliphatic heterocycles. The van der Waals surface area contributed by atoms with Crippen molar-refractivity contribution in [1.29, 1.82) is 0 Å². The maximum Gasteiger partial charge on any atom is 0.166 e. The van der Waals surface area contributed by atoms with Gasteiger partial charge in [0.15, 0.2) is 5.16 Å². The average molecular weight is 295 g/mol. The molecule has 3 aromatic rings. The Morgan fingerprint density at radius 1 is 1.05 bits per heavy atom. The van der Waals surface area contributed by atoms with Crippen LogP contribution in [0.3, 0.4) is 0 Å². The normalized spacial score (nSPS) is 10.4. The standard InChI is InChI=1S/C14H11FN2S.ClH/c15-11-7-5-10(6-8-11)9-18-14-16-12-3-1-2-4-13(12)17-14;/h1-8H,9H2,(H,16,17);1H. The van der Waals surface area contributed by atoms with E-state index in [1.54, 1.807) is 23.9 Å². The number of thioether (sulfide) groups is 1. The zero-order valence-electron chi connectivity index (χ0n) is 9.97. The van der Waals surface area contributed by atoms with Crippen LogP contribution in [0.15, 0.2) is 53.7 Å². The first-order chi connectivity index (χ1) is 8.81. The molecule has 0 saturated carbocycles. The lowest BCUT2D eigenvalue weighted by Crippen LogP contribution is -1.82. The molecule has 19 heavy (non-hydrogen) atoms. The quantitative estimate of drug-likeness (QED) is 0.725. The minimum Gasteiger partial charge on any atom is -0.333 e. The Hall–Kier alpha value is -1.52. The monoisotopic (exact) mass is 294 g/mol. The van der Waals surface area contributed by atoms with E-state index in [1.807, 2.05) is 24.3 Å². The summed E-state index contributed by atoms with van der Waals surface area (Å²) >= 11 is 1.62. The molecular weight excluding hydrogens is 283 g/mol. The molecule has 0 spiro atoms. The number of H-pyrrole nitrogens is 1. The molecule has 0 radical (unpaired) electrons. The summed E-state index contributed by atoms with van der Waals surface area (Å²) in [4.78, 5) is 7.73. The number of aromatic nitrogens is 2. The van der Waals surface area contributed by atoms with Crippen molar-refractivity contribution < 1.29 is 4.39 Å². The molecule has 0 unspecified atom stereocenters. The maximum absolute atomic E-state index is 12.8. The van der Waals surface area contributed by atoms with E-state index in [2.05, 4.69) is 9.97 Å². The van der Waals surface area contributed by atoms with Crippen LogP contribution in [-0.2, 0) is 5.75 Å². The Labute approximate surface area is 120 Å². The molecule has 0 atom stereocenters. The molecule has 0 saturated heterocycles. The number of aromatic amines is 1. The van der Waals surface area contributed by atoms with E-state index in [-0.39, 0.29) is 18.2 Å². The largest absolute Gasteiger partial charge is 0.333 e. The molecule has 3 rings (SSSR count). The smallest absolute Gasteiger partial charge is 0.166 e. The lowest BCUT2D eigenvalue weighted by Gasteiger charge is -1.98. The number of fused-ring (bicyclic) bond motifs is 1. The van der Waals surface area contributed by atoms with Gasteiger partial charge in [0.25, 0.3) is 0 Å². The first kappa shape index (κ1) is 13.9. The fraction of sp³-hybridized carbons (Fsp3) is 0.0714. The van der Waals surface area contributed by atoms with Crippen molar-refractivity contribution in [3.8, 4) is 0 Å². The van der Waals surface area contributed by atoms with Crippen LogP contribution in [0.5, 0.6) is 0 Å². The second-order valence-corrected chi connectivity index (χ2v) is 4.94. The molecule has 0 aliphatic rings. The van der Waals surface area contributed by atoms with Gasteiger partial charge in [-0.25, -0.2) is 9.37 Å². The summed E-state index contributed by atoms with van der Waals surface area (Å²) in [5.74, 6) is 0.576. The first-order valence-corrected chi connectivity index (χ1v) is 6.62. The van der Waals surface area contributed by atoms with E-state index < -0.39 is 0 Å². The first-order valence-electron chi connectivity index (χ1n) is 5.63. The predicted molar refractivity (Wildman–Crippen MR) is 79.3 cm³/mol. The third kappa shape index (κ3) is 3.28. The molecule has 0 fully saturated rings. The summed E-state index contributed by atoms with van der Waals surface area (Å²) in [5.41, 5.74) is 3.10. The molecule has 2 nitrogen and oxygen atoms in total. The molecule has 98 valence electrons. The van der Waals surface area contributed by atoms with E-state index in [0.29, 0.717) is 0 Å². The van der Waals surface area contributed by atoms with Crippen LogP contribution < -0.4 is 0 Å². The summed E-state index contributed by atoms with van der Waals surface area (Å²) in [7, 11) is 0. The maximum atomic E-state index is 12.8. The number of rotatable bonds is 3. The van der Waals surface area contributed by atoms with Crippen LogP contribution in [0.1, 0.15) is 5.56 Å². The van der Waals surface area contributed by atoms with Gasteiger partial charge in [0.05, 0.1) is 11.0 Å². The Morgan fingerprint density at radius 2 is 1.79 bits per heavy atom. The number of nitrogens with zero attached hydrogens (tertiary/aromatic N) is 1. The molecule has 0 aliphatic carbocycles.